The molecule has 1 amide bonds. The molecule has 1 fully saturated rings. The molecular formula is C19H20F3N3O4. The molecule has 2 heterocycles. The van der Waals surface area contributed by atoms with Gasteiger partial charge in [0.25, 0.3) is 0 Å². The van der Waals surface area contributed by atoms with Gasteiger partial charge in [0.2, 0.25) is 0 Å². The van der Waals surface area contributed by atoms with E-state index in [2.05, 4.69) is 14.7 Å². The van der Waals surface area contributed by atoms with Crippen molar-refractivity contribution < 1.29 is 32.2 Å². The predicted octanol–water partition coefficient (Wildman–Crippen LogP) is 3.39. The van der Waals surface area contributed by atoms with Gasteiger partial charge in [-0.3, -0.25) is 4.79 Å². The van der Waals surface area contributed by atoms with Crippen LogP contribution in [-0.4, -0.2) is 52.8 Å². The van der Waals surface area contributed by atoms with Crippen molar-refractivity contribution in [3.05, 3.63) is 35.7 Å². The Morgan fingerprint density at radius 2 is 1.72 bits per heavy atom. The van der Waals surface area contributed by atoms with E-state index in [1.165, 1.54) is 0 Å². The number of esters is 1. The van der Waals surface area contributed by atoms with Crippen LogP contribution in [0.2, 0.25) is 0 Å². The third-order valence-corrected chi connectivity index (χ3v) is 4.64. The second-order valence-electron chi connectivity index (χ2n) is 6.78. The molecule has 29 heavy (non-hydrogen) atoms. The van der Waals surface area contributed by atoms with Gasteiger partial charge < -0.3 is 14.4 Å². The van der Waals surface area contributed by atoms with Gasteiger partial charge in [-0.05, 0) is 31.9 Å². The van der Waals surface area contributed by atoms with Crippen molar-refractivity contribution in [3.63, 3.8) is 0 Å². The van der Waals surface area contributed by atoms with Gasteiger partial charge in [0.15, 0.2) is 6.61 Å². The van der Waals surface area contributed by atoms with E-state index in [4.69, 9.17) is 4.74 Å². The number of aryl methyl sites for hydroxylation is 1. The number of ether oxygens (including phenoxy) is 2. The number of rotatable bonds is 4. The Hall–Kier alpha value is -2.91. The maximum Gasteiger partial charge on any atom is 0.422 e. The number of para-hydroxylation sites is 2. The van der Waals surface area contributed by atoms with E-state index in [1.807, 2.05) is 24.3 Å². The fraction of sp³-hybridized carbons (Fsp3) is 0.474. The number of amides is 1. The van der Waals surface area contributed by atoms with Gasteiger partial charge in [0.05, 0.1) is 28.3 Å². The number of likely N-dealkylation sites (tertiary alicyclic amines) is 1. The van der Waals surface area contributed by atoms with Crippen molar-refractivity contribution in [2.75, 3.05) is 19.7 Å². The lowest BCUT2D eigenvalue weighted by Gasteiger charge is -2.30. The van der Waals surface area contributed by atoms with Crippen molar-refractivity contribution in [2.24, 2.45) is 5.92 Å². The van der Waals surface area contributed by atoms with E-state index in [9.17, 15) is 22.8 Å². The minimum absolute atomic E-state index is 0.0175. The van der Waals surface area contributed by atoms with Crippen molar-refractivity contribution in [1.82, 2.24) is 14.9 Å². The minimum Gasteiger partial charge on any atom is -0.459 e. The average Bonchev–Trinajstić information content (AvgIpc) is 2.69. The summed E-state index contributed by atoms with van der Waals surface area (Å²) in [5.41, 5.74) is 2.68. The van der Waals surface area contributed by atoms with Crippen LogP contribution in [0.5, 0.6) is 0 Å². The molecule has 0 spiro atoms. The zero-order valence-corrected chi connectivity index (χ0v) is 15.7. The molecule has 3 rings (SSSR count). The van der Waals surface area contributed by atoms with Crippen molar-refractivity contribution in [2.45, 2.75) is 32.5 Å². The molecule has 7 nitrogen and oxygen atoms in total. The lowest BCUT2D eigenvalue weighted by Crippen LogP contribution is -2.41. The number of carbonyl (C=O) groups excluding carboxylic acids is 2. The fourth-order valence-corrected chi connectivity index (χ4v) is 3.05. The first-order valence-corrected chi connectivity index (χ1v) is 9.10. The second-order valence-corrected chi connectivity index (χ2v) is 6.78. The average molecular weight is 411 g/mol. The molecule has 0 radical (unpaired) electrons. The van der Waals surface area contributed by atoms with Gasteiger partial charge >= 0.3 is 18.2 Å². The largest absolute Gasteiger partial charge is 0.459 e. The highest BCUT2D eigenvalue weighted by atomic mass is 19.4. The first-order valence-electron chi connectivity index (χ1n) is 9.10. The maximum atomic E-state index is 12.3. The molecule has 0 aliphatic carbocycles. The van der Waals surface area contributed by atoms with Crippen LogP contribution in [0.1, 0.15) is 24.2 Å². The second kappa shape index (κ2) is 8.62. The van der Waals surface area contributed by atoms with Crippen LogP contribution in [0.4, 0.5) is 18.0 Å². The number of hydrogen-bond donors (Lipinski definition) is 0. The van der Waals surface area contributed by atoms with E-state index in [0.717, 1.165) is 10.4 Å². The Morgan fingerprint density at radius 3 is 2.34 bits per heavy atom. The molecule has 1 aromatic heterocycles. The number of carbonyl (C=O) groups is 2. The van der Waals surface area contributed by atoms with Crippen LogP contribution in [0, 0.1) is 12.8 Å². The van der Waals surface area contributed by atoms with Crippen molar-refractivity contribution >= 4 is 23.1 Å². The predicted molar refractivity (Wildman–Crippen MR) is 95.8 cm³/mol. The third kappa shape index (κ3) is 5.55. The van der Waals surface area contributed by atoms with Crippen molar-refractivity contribution in [3.8, 4) is 0 Å². The molecule has 1 aliphatic heterocycles. The highest BCUT2D eigenvalue weighted by Crippen LogP contribution is 2.22. The maximum absolute atomic E-state index is 12.3. The van der Waals surface area contributed by atoms with Gasteiger partial charge in [-0.15, -0.1) is 0 Å². The number of alkyl halides is 3. The van der Waals surface area contributed by atoms with Gasteiger partial charge in [-0.1, -0.05) is 12.1 Å². The molecule has 0 saturated carbocycles. The lowest BCUT2D eigenvalue weighted by atomic mass is 9.97. The number of benzene rings is 1. The lowest BCUT2D eigenvalue weighted by molar-refractivity contribution is -0.163. The van der Waals surface area contributed by atoms with E-state index in [1.54, 1.807) is 6.92 Å². The van der Waals surface area contributed by atoms with E-state index >= 15 is 0 Å². The van der Waals surface area contributed by atoms with Crippen LogP contribution >= 0.6 is 0 Å². The Morgan fingerprint density at radius 1 is 1.10 bits per heavy atom. The highest BCUT2D eigenvalue weighted by molar-refractivity contribution is 5.75. The first kappa shape index (κ1) is 20.8. The van der Waals surface area contributed by atoms with Crippen LogP contribution in [0.15, 0.2) is 24.3 Å². The molecule has 156 valence electrons. The first-order chi connectivity index (χ1) is 13.7. The molecule has 2 aromatic rings. The molecular weight excluding hydrogens is 391 g/mol. The van der Waals surface area contributed by atoms with Gasteiger partial charge in [0.1, 0.15) is 6.61 Å². The summed E-state index contributed by atoms with van der Waals surface area (Å²) in [5, 5.41) is 0. The molecule has 1 aliphatic rings. The summed E-state index contributed by atoms with van der Waals surface area (Å²) in [6, 6.07) is 7.37. The monoisotopic (exact) mass is 411 g/mol. The van der Waals surface area contributed by atoms with Crippen LogP contribution in [0.3, 0.4) is 0 Å². The van der Waals surface area contributed by atoms with Gasteiger partial charge in [-0.2, -0.15) is 13.2 Å². The normalized spacial score (nSPS) is 15.4. The van der Waals surface area contributed by atoms with Crippen LogP contribution in [-0.2, 0) is 20.9 Å². The topological polar surface area (TPSA) is 81.6 Å². The fourth-order valence-electron chi connectivity index (χ4n) is 3.05. The minimum atomic E-state index is -4.57. The molecule has 0 N–H and O–H groups in total. The smallest absolute Gasteiger partial charge is 0.422 e. The van der Waals surface area contributed by atoms with Gasteiger partial charge in [-0.25, -0.2) is 14.8 Å². The summed E-state index contributed by atoms with van der Waals surface area (Å²) in [6.45, 7) is 0.403. The Labute approximate surface area is 164 Å². The summed E-state index contributed by atoms with van der Waals surface area (Å²) in [4.78, 5) is 34.0. The van der Waals surface area contributed by atoms with Crippen LogP contribution < -0.4 is 0 Å². The number of aromatic nitrogens is 2. The quantitative estimate of drug-likeness (QED) is 0.718. The molecule has 0 bridgehead atoms. The van der Waals surface area contributed by atoms with E-state index in [-0.39, 0.29) is 19.7 Å². The molecule has 1 aromatic carbocycles. The summed E-state index contributed by atoms with van der Waals surface area (Å²) in [7, 11) is 0. The summed E-state index contributed by atoms with van der Waals surface area (Å²) in [6.07, 6.45) is -5.01. The Kier molecular flexibility index (Phi) is 6.19. The zero-order valence-electron chi connectivity index (χ0n) is 15.7. The summed E-state index contributed by atoms with van der Waals surface area (Å²) in [5.74, 6) is -0.863. The number of halogens is 3. The molecule has 0 unspecified atom stereocenters. The Bertz CT molecular complexity index is 896. The number of piperidine rings is 1. The summed E-state index contributed by atoms with van der Waals surface area (Å²) < 4.78 is 46.0. The third-order valence-electron chi connectivity index (χ3n) is 4.64. The number of fused-ring (bicyclic) bond motifs is 1. The zero-order chi connectivity index (χ0) is 21.0. The number of nitrogens with zero attached hydrogens (tertiary/aromatic N) is 3. The highest BCUT2D eigenvalue weighted by Gasteiger charge is 2.33. The number of hydrogen-bond acceptors (Lipinski definition) is 6. The van der Waals surface area contributed by atoms with Crippen LogP contribution in [0.25, 0.3) is 11.0 Å². The van der Waals surface area contributed by atoms with Gasteiger partial charge in [0, 0.05) is 13.1 Å². The van der Waals surface area contributed by atoms with E-state index < -0.39 is 30.8 Å². The van der Waals surface area contributed by atoms with E-state index in [0.29, 0.717) is 29.7 Å². The molecule has 1 saturated heterocycles. The molecule has 0 atom stereocenters. The van der Waals surface area contributed by atoms with Crippen molar-refractivity contribution in [1.29, 1.82) is 0 Å². The summed E-state index contributed by atoms with van der Waals surface area (Å²) >= 11 is 0. The SMILES string of the molecule is Cc1nc2ccccc2nc1COC(=O)C1CCN(C(=O)OCC(F)(F)F)CC1. The standard InChI is InChI=1S/C19H20F3N3O4/c1-12-16(24-15-5-3-2-4-14(15)23-12)10-28-17(26)13-6-8-25(9-7-13)18(27)29-11-19(20,21)22/h2-5,13H,6-11H2,1H3. The molecule has 10 heteroatoms. The Balaban J connectivity index is 1.49.